The minimum Gasteiger partial charge on any atom is -0.409 e. The van der Waals surface area contributed by atoms with Crippen LogP contribution in [0.1, 0.15) is 25.3 Å². The van der Waals surface area contributed by atoms with Crippen molar-refractivity contribution in [3.8, 4) is 0 Å². The van der Waals surface area contributed by atoms with Crippen LogP contribution in [0.15, 0.2) is 27.8 Å². The average molecular weight is 342 g/mol. The zero-order chi connectivity index (χ0) is 14.5. The van der Waals surface area contributed by atoms with Crippen LogP contribution >= 0.6 is 15.9 Å². The first-order valence-corrected chi connectivity index (χ1v) is 7.59. The van der Waals surface area contributed by atoms with Crippen LogP contribution in [0.5, 0.6) is 0 Å². The molecule has 6 heteroatoms. The van der Waals surface area contributed by atoms with E-state index in [1.165, 1.54) is 0 Å². The van der Waals surface area contributed by atoms with Crippen molar-refractivity contribution in [2.75, 3.05) is 24.6 Å². The number of ether oxygens (including phenoxy) is 1. The lowest BCUT2D eigenvalue weighted by Crippen LogP contribution is -2.38. The van der Waals surface area contributed by atoms with Crippen molar-refractivity contribution in [2.45, 2.75) is 25.9 Å². The summed E-state index contributed by atoms with van der Waals surface area (Å²) in [6.07, 6.45) is 2.34. The van der Waals surface area contributed by atoms with Gasteiger partial charge in [-0.1, -0.05) is 11.2 Å². The second kappa shape index (κ2) is 6.95. The van der Waals surface area contributed by atoms with Crippen molar-refractivity contribution >= 4 is 27.5 Å². The number of hydrogen-bond acceptors (Lipinski definition) is 4. The lowest BCUT2D eigenvalue weighted by Gasteiger charge is -2.34. The predicted octanol–water partition coefficient (Wildman–Crippen LogP) is 2.55. The molecule has 0 atom stereocenters. The maximum Gasteiger partial charge on any atom is 0.173 e. The molecule has 110 valence electrons. The Morgan fingerprint density at radius 1 is 1.50 bits per heavy atom. The monoisotopic (exact) mass is 341 g/mol. The molecule has 1 aliphatic heterocycles. The molecule has 1 fully saturated rings. The van der Waals surface area contributed by atoms with Crippen LogP contribution in [0, 0.1) is 0 Å². The van der Waals surface area contributed by atoms with Crippen molar-refractivity contribution in [1.82, 2.24) is 0 Å². The first-order valence-electron chi connectivity index (χ1n) is 6.80. The van der Waals surface area contributed by atoms with E-state index in [0.717, 1.165) is 48.3 Å². The minimum atomic E-state index is 0.124. The van der Waals surface area contributed by atoms with E-state index in [0.29, 0.717) is 6.10 Å². The van der Waals surface area contributed by atoms with Crippen LogP contribution in [0.25, 0.3) is 0 Å². The zero-order valence-electron chi connectivity index (χ0n) is 11.6. The zero-order valence-corrected chi connectivity index (χ0v) is 13.1. The number of oxime groups is 1. The molecule has 0 unspecified atom stereocenters. The van der Waals surface area contributed by atoms with Crippen molar-refractivity contribution < 1.29 is 9.94 Å². The van der Waals surface area contributed by atoms with Crippen molar-refractivity contribution in [3.05, 3.63) is 28.2 Å². The maximum atomic E-state index is 8.95. The van der Waals surface area contributed by atoms with Crippen LogP contribution in [0.2, 0.25) is 0 Å². The van der Waals surface area contributed by atoms with Gasteiger partial charge in [-0.25, -0.2) is 0 Å². The molecule has 5 nitrogen and oxygen atoms in total. The number of piperidine rings is 1. The molecule has 0 amide bonds. The van der Waals surface area contributed by atoms with Gasteiger partial charge >= 0.3 is 0 Å². The molecule has 0 aliphatic carbocycles. The number of anilines is 1. The molecule has 0 spiro atoms. The van der Waals surface area contributed by atoms with E-state index in [1.807, 2.05) is 25.1 Å². The smallest absolute Gasteiger partial charge is 0.173 e. The average Bonchev–Trinajstić information content (AvgIpc) is 2.47. The SMILES string of the molecule is CCOC1CCN(c2cccc(Br)c2/C(N)=N/O)CC1. The summed E-state index contributed by atoms with van der Waals surface area (Å²) in [5.41, 5.74) is 7.53. The summed E-state index contributed by atoms with van der Waals surface area (Å²) in [5.74, 6) is 0.124. The number of nitrogens with two attached hydrogens (primary N) is 1. The summed E-state index contributed by atoms with van der Waals surface area (Å²) in [7, 11) is 0. The third-order valence-electron chi connectivity index (χ3n) is 3.54. The van der Waals surface area contributed by atoms with Gasteiger partial charge in [0.2, 0.25) is 0 Å². The highest BCUT2D eigenvalue weighted by Gasteiger charge is 2.23. The molecule has 1 aliphatic rings. The van der Waals surface area contributed by atoms with Gasteiger partial charge in [-0.2, -0.15) is 0 Å². The molecule has 2 rings (SSSR count). The molecule has 0 bridgehead atoms. The molecule has 1 aromatic carbocycles. The summed E-state index contributed by atoms with van der Waals surface area (Å²) in [6.45, 7) is 4.60. The molecule has 0 radical (unpaired) electrons. The minimum absolute atomic E-state index is 0.124. The van der Waals surface area contributed by atoms with E-state index in [-0.39, 0.29) is 5.84 Å². The fourth-order valence-corrected chi connectivity index (χ4v) is 3.14. The van der Waals surface area contributed by atoms with E-state index in [4.69, 9.17) is 15.7 Å². The van der Waals surface area contributed by atoms with Crippen molar-refractivity contribution in [2.24, 2.45) is 10.9 Å². The van der Waals surface area contributed by atoms with Gasteiger partial charge in [0.05, 0.1) is 11.7 Å². The quantitative estimate of drug-likeness (QED) is 0.382. The molecule has 1 aromatic rings. The summed E-state index contributed by atoms with van der Waals surface area (Å²) in [6, 6.07) is 5.85. The molecule has 20 heavy (non-hydrogen) atoms. The van der Waals surface area contributed by atoms with E-state index >= 15 is 0 Å². The van der Waals surface area contributed by atoms with E-state index in [9.17, 15) is 0 Å². The Labute approximate surface area is 127 Å². The Bertz CT molecular complexity index is 485. The van der Waals surface area contributed by atoms with Crippen molar-refractivity contribution in [1.29, 1.82) is 0 Å². The summed E-state index contributed by atoms with van der Waals surface area (Å²) in [4.78, 5) is 2.26. The van der Waals surface area contributed by atoms with Gasteiger partial charge in [-0.05, 0) is 47.8 Å². The maximum absolute atomic E-state index is 8.95. The van der Waals surface area contributed by atoms with E-state index in [2.05, 4.69) is 26.0 Å². The Balaban J connectivity index is 2.20. The summed E-state index contributed by atoms with van der Waals surface area (Å²) in [5, 5.41) is 12.1. The first kappa shape index (κ1) is 15.1. The largest absolute Gasteiger partial charge is 0.409 e. The second-order valence-electron chi connectivity index (χ2n) is 4.76. The third kappa shape index (κ3) is 3.24. The van der Waals surface area contributed by atoms with Gasteiger partial charge in [-0.3, -0.25) is 0 Å². The molecule has 3 N–H and O–H groups in total. The number of benzene rings is 1. The van der Waals surface area contributed by atoms with Crippen LogP contribution in [-0.4, -0.2) is 36.8 Å². The van der Waals surface area contributed by atoms with Crippen molar-refractivity contribution in [3.63, 3.8) is 0 Å². The number of nitrogens with zero attached hydrogens (tertiary/aromatic N) is 2. The highest BCUT2D eigenvalue weighted by atomic mass is 79.9. The van der Waals surface area contributed by atoms with Gasteiger partial charge in [-0.15, -0.1) is 0 Å². The van der Waals surface area contributed by atoms with Crippen LogP contribution in [0.3, 0.4) is 0 Å². The van der Waals surface area contributed by atoms with Crippen LogP contribution in [0.4, 0.5) is 5.69 Å². The van der Waals surface area contributed by atoms with Gasteiger partial charge < -0.3 is 20.6 Å². The summed E-state index contributed by atoms with van der Waals surface area (Å²) >= 11 is 3.47. The normalized spacial score (nSPS) is 17.5. The second-order valence-corrected chi connectivity index (χ2v) is 5.62. The highest BCUT2D eigenvalue weighted by molar-refractivity contribution is 9.10. The molecule has 1 heterocycles. The van der Waals surface area contributed by atoms with E-state index in [1.54, 1.807) is 0 Å². The van der Waals surface area contributed by atoms with Crippen LogP contribution < -0.4 is 10.6 Å². The fourth-order valence-electron chi connectivity index (χ4n) is 2.58. The Kier molecular flexibility index (Phi) is 5.25. The molecule has 0 saturated carbocycles. The first-order chi connectivity index (χ1) is 9.67. The van der Waals surface area contributed by atoms with Gasteiger partial charge in [0.15, 0.2) is 5.84 Å². The number of hydrogen-bond donors (Lipinski definition) is 2. The fraction of sp³-hybridized carbons (Fsp3) is 0.500. The topological polar surface area (TPSA) is 71.1 Å². The number of halogens is 1. The molecule has 0 aromatic heterocycles. The third-order valence-corrected chi connectivity index (χ3v) is 4.20. The highest BCUT2D eigenvalue weighted by Crippen LogP contribution is 2.30. The molecule has 1 saturated heterocycles. The Hall–Kier alpha value is -1.27. The molecular weight excluding hydrogens is 322 g/mol. The number of rotatable bonds is 4. The molecular formula is C14H20BrN3O2. The van der Waals surface area contributed by atoms with Gasteiger partial charge in [0, 0.05) is 29.9 Å². The standard InChI is InChI=1S/C14H20BrN3O2/c1-2-20-10-6-8-18(9-7-10)12-5-3-4-11(15)13(12)14(16)17-19/h3-5,10,19H,2,6-9H2,1H3,(H2,16,17). The number of amidine groups is 1. The van der Waals surface area contributed by atoms with Gasteiger partial charge in [0.25, 0.3) is 0 Å². The van der Waals surface area contributed by atoms with E-state index < -0.39 is 0 Å². The lowest BCUT2D eigenvalue weighted by molar-refractivity contribution is 0.0459. The van der Waals surface area contributed by atoms with Crippen LogP contribution in [-0.2, 0) is 4.74 Å². The summed E-state index contributed by atoms with van der Waals surface area (Å²) < 4.78 is 6.50. The lowest BCUT2D eigenvalue weighted by atomic mass is 10.0. The van der Waals surface area contributed by atoms with Gasteiger partial charge in [0.1, 0.15) is 0 Å². The Morgan fingerprint density at radius 2 is 2.20 bits per heavy atom. The predicted molar refractivity (Wildman–Crippen MR) is 83.5 cm³/mol. The Morgan fingerprint density at radius 3 is 2.80 bits per heavy atom.